The van der Waals surface area contributed by atoms with E-state index in [0.29, 0.717) is 17.7 Å². The Morgan fingerprint density at radius 2 is 2.00 bits per heavy atom. The highest BCUT2D eigenvalue weighted by Crippen LogP contribution is 2.28. The summed E-state index contributed by atoms with van der Waals surface area (Å²) in [6, 6.07) is 9.61. The van der Waals surface area contributed by atoms with E-state index in [-0.39, 0.29) is 0 Å². The van der Waals surface area contributed by atoms with Gasteiger partial charge in [0.2, 0.25) is 17.7 Å². The molecule has 0 amide bonds. The van der Waals surface area contributed by atoms with Gasteiger partial charge < -0.3 is 10.1 Å². The van der Waals surface area contributed by atoms with E-state index >= 15 is 0 Å². The van der Waals surface area contributed by atoms with Gasteiger partial charge in [-0.05, 0) is 19.1 Å². The summed E-state index contributed by atoms with van der Waals surface area (Å²) in [7, 11) is 3.62. The number of hydrogen-bond donors (Lipinski definition) is 1. The first-order chi connectivity index (χ1) is 9.67. The van der Waals surface area contributed by atoms with Crippen molar-refractivity contribution in [3.63, 3.8) is 0 Å². The maximum atomic E-state index is 5.90. The highest BCUT2D eigenvalue weighted by molar-refractivity contribution is 5.84. The van der Waals surface area contributed by atoms with Crippen LogP contribution in [0.1, 0.15) is 5.69 Å². The number of hydrogen-bond acceptors (Lipinski definition) is 5. The second-order valence-electron chi connectivity index (χ2n) is 4.47. The lowest BCUT2D eigenvalue weighted by molar-refractivity contribution is 0.420. The van der Waals surface area contributed by atoms with Crippen molar-refractivity contribution < 1.29 is 4.74 Å². The van der Waals surface area contributed by atoms with Crippen molar-refractivity contribution in [1.82, 2.24) is 19.7 Å². The molecule has 0 aliphatic carbocycles. The number of fused-ring (bicyclic) bond motifs is 1. The molecule has 2 aromatic heterocycles. The number of aryl methyl sites for hydroxylation is 2. The number of para-hydroxylation sites is 1. The Hall–Kier alpha value is -2.63. The van der Waals surface area contributed by atoms with Crippen LogP contribution >= 0.6 is 0 Å². The monoisotopic (exact) mass is 269 g/mol. The van der Waals surface area contributed by atoms with E-state index in [2.05, 4.69) is 20.4 Å². The normalized spacial score (nSPS) is 10.8. The van der Waals surface area contributed by atoms with Crippen LogP contribution in [0.5, 0.6) is 11.8 Å². The number of ether oxygens (including phenoxy) is 1. The molecular formula is C14H15N5O. The highest BCUT2D eigenvalue weighted by atomic mass is 16.5. The first kappa shape index (κ1) is 12.4. The molecule has 0 aliphatic rings. The topological polar surface area (TPSA) is 64.9 Å². The van der Waals surface area contributed by atoms with Crippen LogP contribution < -0.4 is 10.1 Å². The second-order valence-corrected chi connectivity index (χ2v) is 4.47. The molecule has 6 heteroatoms. The number of nitrogens with one attached hydrogen (secondary N) is 1. The van der Waals surface area contributed by atoms with E-state index in [1.165, 1.54) is 0 Å². The van der Waals surface area contributed by atoms with Crippen LogP contribution in [0.25, 0.3) is 10.9 Å². The standard InChI is InChI=1S/C14H15N5O/c1-9-8-12(19(3)18-9)20-13-10-6-4-5-7-11(10)16-14(15-2)17-13/h4-8H,1-3H3,(H,15,16,17). The fraction of sp³-hybridized carbons (Fsp3) is 0.214. The molecule has 0 saturated carbocycles. The lowest BCUT2D eigenvalue weighted by Crippen LogP contribution is -2.01. The number of nitrogens with zero attached hydrogens (tertiary/aromatic N) is 4. The quantitative estimate of drug-likeness (QED) is 0.791. The Morgan fingerprint density at radius 3 is 2.70 bits per heavy atom. The van der Waals surface area contributed by atoms with Crippen molar-refractivity contribution in [1.29, 1.82) is 0 Å². The van der Waals surface area contributed by atoms with E-state index < -0.39 is 0 Å². The molecule has 1 aromatic carbocycles. The van der Waals surface area contributed by atoms with Crippen molar-refractivity contribution in [3.05, 3.63) is 36.0 Å². The molecule has 0 fully saturated rings. The molecule has 0 unspecified atom stereocenters. The lowest BCUT2D eigenvalue weighted by atomic mass is 10.2. The Balaban J connectivity index is 2.12. The summed E-state index contributed by atoms with van der Waals surface area (Å²) >= 11 is 0. The van der Waals surface area contributed by atoms with Crippen molar-refractivity contribution in [2.45, 2.75) is 6.92 Å². The summed E-state index contributed by atoms with van der Waals surface area (Å²) in [5, 5.41) is 8.07. The molecule has 20 heavy (non-hydrogen) atoms. The predicted octanol–water partition coefficient (Wildman–Crippen LogP) is 2.51. The third-order valence-corrected chi connectivity index (χ3v) is 2.95. The minimum absolute atomic E-state index is 0.517. The Labute approximate surface area is 116 Å². The van der Waals surface area contributed by atoms with E-state index in [4.69, 9.17) is 4.74 Å². The van der Waals surface area contributed by atoms with Gasteiger partial charge in [-0.1, -0.05) is 12.1 Å². The van der Waals surface area contributed by atoms with Gasteiger partial charge in [-0.3, -0.25) is 0 Å². The van der Waals surface area contributed by atoms with Crippen molar-refractivity contribution >= 4 is 16.9 Å². The SMILES string of the molecule is CNc1nc(Oc2cc(C)nn2C)c2ccccc2n1. The summed E-state index contributed by atoms with van der Waals surface area (Å²) in [5.41, 5.74) is 1.73. The maximum absolute atomic E-state index is 5.90. The molecule has 0 bridgehead atoms. The third-order valence-electron chi connectivity index (χ3n) is 2.95. The molecule has 3 aromatic rings. The van der Waals surface area contributed by atoms with Crippen molar-refractivity contribution in [2.24, 2.45) is 7.05 Å². The fourth-order valence-electron chi connectivity index (χ4n) is 2.02. The van der Waals surface area contributed by atoms with Gasteiger partial charge >= 0.3 is 0 Å². The number of aromatic nitrogens is 4. The van der Waals surface area contributed by atoms with Crippen LogP contribution in [0.15, 0.2) is 30.3 Å². The molecule has 0 spiro atoms. The van der Waals surface area contributed by atoms with Gasteiger partial charge in [-0.15, -0.1) is 0 Å². The minimum atomic E-state index is 0.517. The van der Waals surface area contributed by atoms with Crippen LogP contribution in [0.2, 0.25) is 0 Å². The Kier molecular flexibility index (Phi) is 2.98. The summed E-state index contributed by atoms with van der Waals surface area (Å²) in [4.78, 5) is 8.78. The largest absolute Gasteiger partial charge is 0.420 e. The van der Waals surface area contributed by atoms with E-state index in [0.717, 1.165) is 16.6 Å². The molecule has 0 atom stereocenters. The predicted molar refractivity (Wildman–Crippen MR) is 77.1 cm³/mol. The molecule has 0 saturated heterocycles. The second kappa shape index (κ2) is 4.80. The zero-order valence-corrected chi connectivity index (χ0v) is 11.6. The molecule has 0 aliphatic heterocycles. The van der Waals surface area contributed by atoms with Gasteiger partial charge in [0.25, 0.3) is 0 Å². The molecule has 1 N–H and O–H groups in total. The summed E-state index contributed by atoms with van der Waals surface area (Å²) in [6.45, 7) is 1.92. The smallest absolute Gasteiger partial charge is 0.234 e. The number of anilines is 1. The van der Waals surface area contributed by atoms with Gasteiger partial charge in [0.05, 0.1) is 16.6 Å². The molecular weight excluding hydrogens is 254 g/mol. The van der Waals surface area contributed by atoms with Crippen LogP contribution in [0.4, 0.5) is 5.95 Å². The highest BCUT2D eigenvalue weighted by Gasteiger charge is 2.11. The molecule has 2 heterocycles. The van der Waals surface area contributed by atoms with Gasteiger partial charge in [0.1, 0.15) is 0 Å². The van der Waals surface area contributed by atoms with Crippen LogP contribution in [-0.4, -0.2) is 26.8 Å². The van der Waals surface area contributed by atoms with Crippen molar-refractivity contribution in [3.8, 4) is 11.8 Å². The molecule has 0 radical (unpaired) electrons. The average Bonchev–Trinajstić information content (AvgIpc) is 2.76. The van der Waals surface area contributed by atoms with Crippen LogP contribution in [0, 0.1) is 6.92 Å². The van der Waals surface area contributed by atoms with Crippen LogP contribution in [0.3, 0.4) is 0 Å². The van der Waals surface area contributed by atoms with E-state index in [1.54, 1.807) is 11.7 Å². The average molecular weight is 269 g/mol. The molecule has 102 valence electrons. The Bertz CT molecular complexity index is 765. The maximum Gasteiger partial charge on any atom is 0.234 e. The first-order valence-corrected chi connectivity index (χ1v) is 6.30. The third kappa shape index (κ3) is 2.16. The first-order valence-electron chi connectivity index (χ1n) is 6.30. The summed E-state index contributed by atoms with van der Waals surface area (Å²) in [6.07, 6.45) is 0. The van der Waals surface area contributed by atoms with Crippen LogP contribution in [-0.2, 0) is 7.05 Å². The van der Waals surface area contributed by atoms with Gasteiger partial charge in [0.15, 0.2) is 0 Å². The lowest BCUT2D eigenvalue weighted by Gasteiger charge is -2.09. The zero-order chi connectivity index (χ0) is 14.1. The fourth-order valence-corrected chi connectivity index (χ4v) is 2.02. The summed E-state index contributed by atoms with van der Waals surface area (Å²) < 4.78 is 7.58. The van der Waals surface area contributed by atoms with Crippen molar-refractivity contribution in [2.75, 3.05) is 12.4 Å². The Morgan fingerprint density at radius 1 is 1.20 bits per heavy atom. The van der Waals surface area contributed by atoms with Gasteiger partial charge in [-0.25, -0.2) is 9.67 Å². The molecule has 3 rings (SSSR count). The van der Waals surface area contributed by atoms with E-state index in [1.807, 2.05) is 44.3 Å². The number of benzene rings is 1. The van der Waals surface area contributed by atoms with E-state index in [9.17, 15) is 0 Å². The zero-order valence-electron chi connectivity index (χ0n) is 11.6. The van der Waals surface area contributed by atoms with Gasteiger partial charge in [0, 0.05) is 20.2 Å². The molecule has 6 nitrogen and oxygen atoms in total. The summed E-state index contributed by atoms with van der Waals surface area (Å²) in [5.74, 6) is 1.69. The minimum Gasteiger partial charge on any atom is -0.420 e. The number of rotatable bonds is 3. The van der Waals surface area contributed by atoms with Gasteiger partial charge in [-0.2, -0.15) is 10.1 Å².